The second kappa shape index (κ2) is 10.7. The topological polar surface area (TPSA) is 135 Å². The van der Waals surface area contributed by atoms with Gasteiger partial charge in [0.25, 0.3) is 0 Å². The SMILES string of the molecule is CC.C[C@]12CCC(OC3OC[C@H](N)[C@@H](O)C3O)C=C1CCC1C2CC[C@]2(C)C(c3ccc(=O)oc3)CC[C@]12O. The van der Waals surface area contributed by atoms with Gasteiger partial charge in [0, 0.05) is 11.5 Å². The Morgan fingerprint density at radius 1 is 1.00 bits per heavy atom. The van der Waals surface area contributed by atoms with Gasteiger partial charge in [0.2, 0.25) is 0 Å². The normalized spacial score (nSPS) is 47.1. The molecule has 0 amide bonds. The van der Waals surface area contributed by atoms with Crippen LogP contribution in [0.15, 0.2) is 39.3 Å². The van der Waals surface area contributed by atoms with Crippen LogP contribution in [0.5, 0.6) is 0 Å². The molecule has 0 spiro atoms. The van der Waals surface area contributed by atoms with Crippen molar-refractivity contribution in [3.8, 4) is 0 Å². The molecule has 6 unspecified atom stereocenters. The van der Waals surface area contributed by atoms with E-state index in [-0.39, 0.29) is 41.0 Å². The van der Waals surface area contributed by atoms with Crippen molar-refractivity contribution in [2.24, 2.45) is 28.4 Å². The highest BCUT2D eigenvalue weighted by Gasteiger charge is 2.66. The van der Waals surface area contributed by atoms with Crippen LogP contribution in [0.4, 0.5) is 0 Å². The molecule has 218 valence electrons. The van der Waals surface area contributed by atoms with Crippen molar-refractivity contribution >= 4 is 0 Å². The highest BCUT2D eigenvalue weighted by molar-refractivity contribution is 5.31. The van der Waals surface area contributed by atoms with E-state index in [4.69, 9.17) is 19.6 Å². The molecular formula is C31H47NO7. The molecule has 5 N–H and O–H groups in total. The summed E-state index contributed by atoms with van der Waals surface area (Å²) in [6, 6.07) is 2.76. The summed E-state index contributed by atoms with van der Waals surface area (Å²) in [5, 5.41) is 32.9. The Morgan fingerprint density at radius 2 is 1.77 bits per heavy atom. The lowest BCUT2D eigenvalue weighted by Gasteiger charge is -2.62. The minimum Gasteiger partial charge on any atom is -0.431 e. The predicted molar refractivity (Wildman–Crippen MR) is 147 cm³/mol. The quantitative estimate of drug-likeness (QED) is 0.423. The van der Waals surface area contributed by atoms with Gasteiger partial charge in [0.05, 0.1) is 30.6 Å². The van der Waals surface area contributed by atoms with E-state index in [0.29, 0.717) is 5.92 Å². The summed E-state index contributed by atoms with van der Waals surface area (Å²) in [6.45, 7) is 8.77. The molecule has 5 aliphatic rings. The number of rotatable bonds is 3. The molecule has 1 saturated heterocycles. The van der Waals surface area contributed by atoms with Gasteiger partial charge in [-0.3, -0.25) is 0 Å². The Kier molecular flexibility index (Phi) is 7.94. The van der Waals surface area contributed by atoms with Crippen LogP contribution >= 0.6 is 0 Å². The Bertz CT molecular complexity index is 1100. The molecule has 1 aliphatic heterocycles. The minimum atomic E-state index is -1.16. The fourth-order valence-electron chi connectivity index (χ4n) is 8.98. The highest BCUT2D eigenvalue weighted by Crippen LogP contribution is 2.70. The van der Waals surface area contributed by atoms with E-state index in [9.17, 15) is 20.1 Å². The number of hydrogen-bond acceptors (Lipinski definition) is 8. The third-order valence-electron chi connectivity index (χ3n) is 11.2. The van der Waals surface area contributed by atoms with Crippen LogP contribution in [0, 0.1) is 22.7 Å². The second-order valence-electron chi connectivity index (χ2n) is 12.8. The summed E-state index contributed by atoms with van der Waals surface area (Å²) in [7, 11) is 0. The first kappa shape index (κ1) is 29.0. The van der Waals surface area contributed by atoms with Crippen LogP contribution in [0.3, 0.4) is 0 Å². The average Bonchev–Trinajstić information content (AvgIpc) is 3.22. The Morgan fingerprint density at radius 3 is 2.49 bits per heavy atom. The molecule has 0 aromatic carbocycles. The lowest BCUT2D eigenvalue weighted by atomic mass is 9.45. The zero-order valence-corrected chi connectivity index (χ0v) is 23.8. The van der Waals surface area contributed by atoms with Gasteiger partial charge in [-0.1, -0.05) is 39.3 Å². The molecular weight excluding hydrogens is 498 g/mol. The highest BCUT2D eigenvalue weighted by atomic mass is 16.7. The zero-order valence-electron chi connectivity index (χ0n) is 23.8. The molecule has 0 radical (unpaired) electrons. The van der Waals surface area contributed by atoms with E-state index in [1.165, 1.54) is 11.6 Å². The van der Waals surface area contributed by atoms with Crippen LogP contribution < -0.4 is 11.4 Å². The van der Waals surface area contributed by atoms with Crippen LogP contribution in [0.2, 0.25) is 0 Å². The van der Waals surface area contributed by atoms with E-state index in [1.54, 1.807) is 6.26 Å². The van der Waals surface area contributed by atoms with Gasteiger partial charge in [-0.25, -0.2) is 4.79 Å². The van der Waals surface area contributed by atoms with Gasteiger partial charge < -0.3 is 34.9 Å². The van der Waals surface area contributed by atoms with Crippen molar-refractivity contribution < 1.29 is 29.2 Å². The van der Waals surface area contributed by atoms with E-state index >= 15 is 0 Å². The second-order valence-corrected chi connectivity index (χ2v) is 12.8. The molecule has 1 aromatic heterocycles. The van der Waals surface area contributed by atoms with Crippen molar-refractivity contribution in [1.82, 2.24) is 0 Å². The van der Waals surface area contributed by atoms with Crippen molar-refractivity contribution in [2.75, 3.05) is 6.61 Å². The Hall–Kier alpha value is -1.55. The van der Waals surface area contributed by atoms with Crippen LogP contribution in [0.25, 0.3) is 0 Å². The van der Waals surface area contributed by atoms with E-state index < -0.39 is 30.1 Å². The molecule has 11 atom stereocenters. The molecule has 6 rings (SSSR count). The maximum absolute atomic E-state index is 12.4. The van der Waals surface area contributed by atoms with E-state index in [0.717, 1.165) is 56.9 Å². The first-order valence-electron chi connectivity index (χ1n) is 15.0. The standard InChI is InChI=1S/C29H41NO7.C2H6/c1-27-10-7-18(37-26-25(33)24(32)22(30)15-36-26)13-17(27)4-5-21-20(27)8-11-28(2)19(9-12-29(21,28)34)16-3-6-23(31)35-14-16;1-2/h3,6,13-14,18-22,24-26,32-34H,4-5,7-12,15,30H2,1-2H3;1-2H3/t18?,19?,20?,21?,22-,24+,25?,26?,27-,28+,29-;/m0./s1. The van der Waals surface area contributed by atoms with Gasteiger partial charge in [0.15, 0.2) is 6.29 Å². The Labute approximate surface area is 231 Å². The van der Waals surface area contributed by atoms with Crippen LogP contribution in [0.1, 0.15) is 90.5 Å². The van der Waals surface area contributed by atoms with Crippen molar-refractivity contribution in [1.29, 1.82) is 0 Å². The van der Waals surface area contributed by atoms with E-state index in [1.807, 2.05) is 19.9 Å². The van der Waals surface area contributed by atoms with Crippen molar-refractivity contribution in [3.05, 3.63) is 46.0 Å². The maximum Gasteiger partial charge on any atom is 0.335 e. The van der Waals surface area contributed by atoms with Crippen molar-refractivity contribution in [3.63, 3.8) is 0 Å². The van der Waals surface area contributed by atoms with Gasteiger partial charge in [-0.15, -0.1) is 0 Å². The number of fused-ring (bicyclic) bond motifs is 5. The van der Waals surface area contributed by atoms with Gasteiger partial charge >= 0.3 is 5.63 Å². The fourth-order valence-corrected chi connectivity index (χ4v) is 8.98. The number of ether oxygens (including phenoxy) is 2. The fraction of sp³-hybridized carbons (Fsp3) is 0.774. The largest absolute Gasteiger partial charge is 0.431 e. The number of aliphatic hydroxyl groups is 3. The molecule has 3 saturated carbocycles. The maximum atomic E-state index is 12.4. The smallest absolute Gasteiger partial charge is 0.335 e. The van der Waals surface area contributed by atoms with Gasteiger partial charge in [-0.05, 0) is 86.2 Å². The summed E-state index contributed by atoms with van der Waals surface area (Å²) in [5.74, 6) is 0.809. The van der Waals surface area contributed by atoms with Gasteiger partial charge in [-0.2, -0.15) is 0 Å². The molecule has 8 nitrogen and oxygen atoms in total. The summed E-state index contributed by atoms with van der Waals surface area (Å²) in [6.07, 6.45) is 7.83. The summed E-state index contributed by atoms with van der Waals surface area (Å²) in [4.78, 5) is 11.5. The monoisotopic (exact) mass is 545 g/mol. The number of allylic oxidation sites excluding steroid dienone is 1. The summed E-state index contributed by atoms with van der Waals surface area (Å²) in [5.41, 5.74) is 6.88. The number of hydrogen-bond donors (Lipinski definition) is 4. The zero-order chi connectivity index (χ0) is 28.2. The summed E-state index contributed by atoms with van der Waals surface area (Å²) < 4.78 is 16.9. The molecule has 8 heteroatoms. The van der Waals surface area contributed by atoms with Gasteiger partial charge in [0.1, 0.15) is 12.2 Å². The average molecular weight is 546 g/mol. The molecule has 4 fully saturated rings. The number of aliphatic hydroxyl groups excluding tert-OH is 2. The first-order chi connectivity index (χ1) is 18.6. The minimum absolute atomic E-state index is 0.00533. The molecule has 2 heterocycles. The molecule has 39 heavy (non-hydrogen) atoms. The molecule has 0 bridgehead atoms. The molecule has 4 aliphatic carbocycles. The first-order valence-corrected chi connectivity index (χ1v) is 15.0. The number of nitrogens with two attached hydrogens (primary N) is 1. The lowest BCUT2D eigenvalue weighted by molar-refractivity contribution is -0.259. The predicted octanol–water partition coefficient (Wildman–Crippen LogP) is 3.62. The van der Waals surface area contributed by atoms with Crippen LogP contribution in [-0.4, -0.2) is 58.2 Å². The third kappa shape index (κ3) is 4.56. The van der Waals surface area contributed by atoms with Crippen LogP contribution in [-0.2, 0) is 9.47 Å². The van der Waals surface area contributed by atoms with E-state index in [2.05, 4.69) is 19.9 Å². The summed E-state index contributed by atoms with van der Waals surface area (Å²) >= 11 is 0. The third-order valence-corrected chi connectivity index (χ3v) is 11.2. The molecule has 1 aromatic rings. The van der Waals surface area contributed by atoms with Crippen molar-refractivity contribution in [2.45, 2.75) is 121 Å². The Balaban J connectivity index is 0.00000151. The lowest BCUT2D eigenvalue weighted by Crippen LogP contribution is -2.60.